The predicted molar refractivity (Wildman–Crippen MR) is 98.8 cm³/mol. The number of rotatable bonds is 7. The highest BCUT2D eigenvalue weighted by Crippen LogP contribution is 2.22. The van der Waals surface area contributed by atoms with Crippen LogP contribution in [0.5, 0.6) is 0 Å². The first-order chi connectivity index (χ1) is 11.3. The fourth-order valence-electron chi connectivity index (χ4n) is 1.99. The number of aromatic nitrogens is 1. The van der Waals surface area contributed by atoms with E-state index in [0.29, 0.717) is 5.13 Å². The number of aryl methyl sites for hydroxylation is 2. The molecule has 1 aromatic heterocycles. The van der Waals surface area contributed by atoms with Crippen molar-refractivity contribution in [3.63, 3.8) is 0 Å². The summed E-state index contributed by atoms with van der Waals surface area (Å²) in [5.74, 6) is -0.273. The molecule has 6 nitrogen and oxygen atoms in total. The molecule has 2 rings (SSSR count). The highest BCUT2D eigenvalue weighted by atomic mass is 79.9. The fraction of sp³-hybridized carbons (Fsp3) is 0.333. The van der Waals surface area contributed by atoms with Gasteiger partial charge in [-0.3, -0.25) is 4.79 Å². The first kappa shape index (κ1) is 19.0. The van der Waals surface area contributed by atoms with E-state index in [-0.39, 0.29) is 23.8 Å². The van der Waals surface area contributed by atoms with Crippen molar-refractivity contribution in [3.05, 3.63) is 39.3 Å². The average Bonchev–Trinajstić information content (AvgIpc) is 2.87. The van der Waals surface area contributed by atoms with Crippen LogP contribution in [0.25, 0.3) is 0 Å². The molecular formula is C15H18BrN3O3S2. The summed E-state index contributed by atoms with van der Waals surface area (Å²) in [4.78, 5) is 17.5. The number of benzene rings is 1. The van der Waals surface area contributed by atoms with Crippen molar-refractivity contribution >= 4 is 48.3 Å². The fourth-order valence-corrected chi connectivity index (χ4v) is 4.20. The molecule has 0 spiro atoms. The van der Waals surface area contributed by atoms with Crippen molar-refractivity contribution in [3.8, 4) is 0 Å². The first-order valence-electron chi connectivity index (χ1n) is 7.33. The highest BCUT2D eigenvalue weighted by Gasteiger charge is 2.14. The Labute approximate surface area is 153 Å². The smallest absolute Gasteiger partial charge is 0.240 e. The van der Waals surface area contributed by atoms with Crippen molar-refractivity contribution in [2.75, 3.05) is 11.9 Å². The topological polar surface area (TPSA) is 88.2 Å². The molecule has 0 unspecified atom stereocenters. The highest BCUT2D eigenvalue weighted by molar-refractivity contribution is 9.10. The van der Waals surface area contributed by atoms with Gasteiger partial charge in [-0.2, -0.15) is 0 Å². The second-order valence-electron chi connectivity index (χ2n) is 5.03. The summed E-state index contributed by atoms with van der Waals surface area (Å²) in [7, 11) is -3.62. The predicted octanol–water partition coefficient (Wildman–Crippen LogP) is 3.08. The Morgan fingerprint density at radius 1 is 1.29 bits per heavy atom. The molecule has 0 radical (unpaired) electrons. The summed E-state index contributed by atoms with van der Waals surface area (Å²) in [5.41, 5.74) is 0.964. The van der Waals surface area contributed by atoms with Gasteiger partial charge in [0.15, 0.2) is 5.13 Å². The SMILES string of the molecule is CCc1nc(NC(=O)CCNS(=O)(=O)c2ccc(Br)cc2)sc1C. The van der Waals surface area contributed by atoms with Crippen LogP contribution in [0.4, 0.5) is 5.13 Å². The normalized spacial score (nSPS) is 11.5. The number of halogens is 1. The number of nitrogens with one attached hydrogen (secondary N) is 2. The minimum atomic E-state index is -3.62. The zero-order chi connectivity index (χ0) is 17.7. The number of hydrogen-bond donors (Lipinski definition) is 2. The van der Waals surface area contributed by atoms with Gasteiger partial charge in [-0.25, -0.2) is 18.1 Å². The largest absolute Gasteiger partial charge is 0.302 e. The van der Waals surface area contributed by atoms with Crippen molar-refractivity contribution in [2.24, 2.45) is 0 Å². The number of nitrogens with zero attached hydrogens (tertiary/aromatic N) is 1. The molecule has 0 aliphatic carbocycles. The first-order valence-corrected chi connectivity index (χ1v) is 10.4. The van der Waals surface area contributed by atoms with Crippen molar-refractivity contribution in [1.82, 2.24) is 9.71 Å². The maximum absolute atomic E-state index is 12.1. The quantitative estimate of drug-likeness (QED) is 0.704. The van der Waals surface area contributed by atoms with Crippen LogP contribution in [0.3, 0.4) is 0 Å². The number of sulfonamides is 1. The summed E-state index contributed by atoms with van der Waals surface area (Å²) < 4.78 is 27.4. The van der Waals surface area contributed by atoms with Gasteiger partial charge in [0.05, 0.1) is 10.6 Å². The van der Waals surface area contributed by atoms with E-state index in [1.165, 1.54) is 23.5 Å². The summed E-state index contributed by atoms with van der Waals surface area (Å²) in [6.45, 7) is 3.98. The van der Waals surface area contributed by atoms with Crippen LogP contribution in [-0.2, 0) is 21.2 Å². The number of carbonyl (C=O) groups is 1. The number of anilines is 1. The summed E-state index contributed by atoms with van der Waals surface area (Å²) in [6.07, 6.45) is 0.848. The van der Waals surface area contributed by atoms with Crippen molar-refractivity contribution in [2.45, 2.75) is 31.6 Å². The second kappa shape index (κ2) is 8.19. The summed E-state index contributed by atoms with van der Waals surface area (Å²) >= 11 is 4.67. The molecule has 0 aliphatic rings. The van der Waals surface area contributed by atoms with E-state index < -0.39 is 10.0 Å². The van der Waals surface area contributed by atoms with Crippen molar-refractivity contribution < 1.29 is 13.2 Å². The molecule has 1 heterocycles. The maximum atomic E-state index is 12.1. The third-order valence-electron chi connectivity index (χ3n) is 3.24. The van der Waals surface area contributed by atoms with Crippen LogP contribution in [0.2, 0.25) is 0 Å². The number of carbonyl (C=O) groups excluding carboxylic acids is 1. The van der Waals surface area contributed by atoms with Crippen LogP contribution < -0.4 is 10.0 Å². The minimum absolute atomic E-state index is 0.0230. The summed E-state index contributed by atoms with van der Waals surface area (Å²) in [6, 6.07) is 6.29. The Bertz CT molecular complexity index is 817. The second-order valence-corrected chi connectivity index (χ2v) is 8.91. The van der Waals surface area contributed by atoms with Crippen LogP contribution >= 0.6 is 27.3 Å². The van der Waals surface area contributed by atoms with Gasteiger partial charge >= 0.3 is 0 Å². The molecule has 0 fully saturated rings. The lowest BCUT2D eigenvalue weighted by Crippen LogP contribution is -2.27. The van der Waals surface area contributed by atoms with Crippen LogP contribution in [0.15, 0.2) is 33.6 Å². The van der Waals surface area contributed by atoms with Crippen LogP contribution in [0, 0.1) is 6.92 Å². The zero-order valence-electron chi connectivity index (χ0n) is 13.3. The molecule has 24 heavy (non-hydrogen) atoms. The minimum Gasteiger partial charge on any atom is -0.302 e. The van der Waals surface area contributed by atoms with Gasteiger partial charge < -0.3 is 5.32 Å². The van der Waals surface area contributed by atoms with Gasteiger partial charge in [-0.15, -0.1) is 11.3 Å². The van der Waals surface area contributed by atoms with Crippen molar-refractivity contribution in [1.29, 1.82) is 0 Å². The average molecular weight is 432 g/mol. The molecule has 1 aromatic carbocycles. The number of thiazole rings is 1. The lowest BCUT2D eigenvalue weighted by Gasteiger charge is -2.06. The third-order valence-corrected chi connectivity index (χ3v) is 6.18. The van der Waals surface area contributed by atoms with E-state index >= 15 is 0 Å². The van der Waals surface area contributed by atoms with Gasteiger partial charge in [0.2, 0.25) is 15.9 Å². The lowest BCUT2D eigenvalue weighted by molar-refractivity contribution is -0.116. The Kier molecular flexibility index (Phi) is 6.50. The standard InChI is InChI=1S/C15H18BrN3O3S2/c1-3-13-10(2)23-15(18-13)19-14(20)8-9-17-24(21,22)12-6-4-11(16)5-7-12/h4-7,17H,3,8-9H2,1-2H3,(H,18,19,20). The summed E-state index contributed by atoms with van der Waals surface area (Å²) in [5, 5.41) is 3.24. The lowest BCUT2D eigenvalue weighted by atomic mass is 10.3. The Hall–Kier alpha value is -1.29. The molecule has 0 aliphatic heterocycles. The molecule has 0 bridgehead atoms. The van der Waals surface area contributed by atoms with Crippen LogP contribution in [0.1, 0.15) is 23.9 Å². The zero-order valence-corrected chi connectivity index (χ0v) is 16.5. The molecule has 0 atom stereocenters. The van der Waals surface area contributed by atoms with E-state index in [0.717, 1.165) is 21.5 Å². The van der Waals surface area contributed by atoms with Gasteiger partial charge in [0.25, 0.3) is 0 Å². The Morgan fingerprint density at radius 3 is 2.54 bits per heavy atom. The van der Waals surface area contributed by atoms with E-state index in [2.05, 4.69) is 31.0 Å². The van der Waals surface area contributed by atoms with E-state index in [9.17, 15) is 13.2 Å². The molecule has 9 heteroatoms. The third kappa shape index (κ3) is 5.10. The van der Waals surface area contributed by atoms with Crippen LogP contribution in [-0.4, -0.2) is 25.9 Å². The van der Waals surface area contributed by atoms with Gasteiger partial charge in [0, 0.05) is 22.3 Å². The number of hydrogen-bond acceptors (Lipinski definition) is 5. The van der Waals surface area contributed by atoms with E-state index in [1.807, 2.05) is 13.8 Å². The van der Waals surface area contributed by atoms with Gasteiger partial charge in [0.1, 0.15) is 0 Å². The maximum Gasteiger partial charge on any atom is 0.240 e. The molecular weight excluding hydrogens is 414 g/mol. The molecule has 130 valence electrons. The Morgan fingerprint density at radius 2 is 1.96 bits per heavy atom. The number of amides is 1. The molecule has 0 saturated carbocycles. The van der Waals surface area contributed by atoms with Gasteiger partial charge in [-0.1, -0.05) is 22.9 Å². The molecule has 2 aromatic rings. The Balaban J connectivity index is 1.86. The van der Waals surface area contributed by atoms with E-state index in [4.69, 9.17) is 0 Å². The monoisotopic (exact) mass is 431 g/mol. The molecule has 2 N–H and O–H groups in total. The van der Waals surface area contributed by atoms with E-state index in [1.54, 1.807) is 12.1 Å². The molecule has 0 saturated heterocycles. The van der Waals surface area contributed by atoms with Gasteiger partial charge in [-0.05, 0) is 37.6 Å². The molecule has 1 amide bonds.